The molecule has 1 aromatic rings. The molecule has 0 radical (unpaired) electrons. The number of aliphatic hydroxyl groups excluding tert-OH is 1. The Labute approximate surface area is 120 Å². The molecular weight excluding hydrogens is 254 g/mol. The maximum atomic E-state index is 11.8. The topological polar surface area (TPSA) is 51.0 Å². The zero-order valence-electron chi connectivity index (χ0n) is 12.0. The predicted octanol–water partition coefficient (Wildman–Crippen LogP) is 0.578. The molecule has 1 aliphatic rings. The fraction of sp³-hybridized carbons (Fsp3) is 0.562. The first-order valence-corrected chi connectivity index (χ1v) is 7.44. The summed E-state index contributed by atoms with van der Waals surface area (Å²) in [5.41, 5.74) is 0.943. The minimum atomic E-state index is -0.466. The fourth-order valence-electron chi connectivity index (χ4n) is 2.86. The number of carbonyl (C=O) groups is 1. The molecule has 1 aromatic carbocycles. The molecule has 1 heterocycles. The van der Waals surface area contributed by atoms with E-state index in [-0.39, 0.29) is 11.9 Å². The van der Waals surface area contributed by atoms with E-state index in [0.29, 0.717) is 13.2 Å². The van der Waals surface area contributed by atoms with Crippen molar-refractivity contribution < 1.29 is 19.5 Å². The summed E-state index contributed by atoms with van der Waals surface area (Å²) in [7, 11) is 0. The quantitative estimate of drug-likeness (QED) is 0.775. The lowest BCUT2D eigenvalue weighted by Crippen LogP contribution is -3.14. The Morgan fingerprint density at radius 2 is 2.20 bits per heavy atom. The van der Waals surface area contributed by atoms with E-state index in [1.165, 1.54) is 4.90 Å². The van der Waals surface area contributed by atoms with Gasteiger partial charge in [-0.1, -0.05) is 30.3 Å². The molecule has 4 nitrogen and oxygen atoms in total. The number of esters is 1. The van der Waals surface area contributed by atoms with E-state index in [0.717, 1.165) is 31.5 Å². The van der Waals surface area contributed by atoms with Gasteiger partial charge in [0.25, 0.3) is 0 Å². The highest BCUT2D eigenvalue weighted by atomic mass is 16.5. The molecule has 1 fully saturated rings. The van der Waals surface area contributed by atoms with E-state index in [1.54, 1.807) is 0 Å². The normalized spacial score (nSPS) is 24.1. The smallest absolute Gasteiger partial charge is 0.314 e. The first-order chi connectivity index (χ1) is 9.70. The number of ether oxygens (including phenoxy) is 1. The van der Waals surface area contributed by atoms with Gasteiger partial charge in [0.15, 0.2) is 0 Å². The van der Waals surface area contributed by atoms with Gasteiger partial charge in [-0.05, 0) is 25.3 Å². The molecule has 1 aliphatic heterocycles. The number of quaternary nitrogens is 1. The maximum Gasteiger partial charge on any atom is 0.314 e. The predicted molar refractivity (Wildman–Crippen MR) is 76.3 cm³/mol. The molecular formula is C16H24NO3+. The number of aliphatic hydroxyl groups is 1. The van der Waals surface area contributed by atoms with Gasteiger partial charge >= 0.3 is 5.97 Å². The van der Waals surface area contributed by atoms with Crippen molar-refractivity contribution >= 4 is 5.97 Å². The van der Waals surface area contributed by atoms with E-state index in [4.69, 9.17) is 4.74 Å². The van der Waals surface area contributed by atoms with Crippen molar-refractivity contribution in [1.82, 2.24) is 0 Å². The Bertz CT molecular complexity index is 421. The van der Waals surface area contributed by atoms with Crippen molar-refractivity contribution in [2.24, 2.45) is 5.92 Å². The van der Waals surface area contributed by atoms with Gasteiger partial charge in [-0.15, -0.1) is 0 Å². The lowest BCUT2D eigenvalue weighted by atomic mass is 9.97. The summed E-state index contributed by atoms with van der Waals surface area (Å²) in [5, 5.41) is 10.3. The van der Waals surface area contributed by atoms with E-state index < -0.39 is 6.10 Å². The third kappa shape index (κ3) is 4.05. The Balaban J connectivity index is 1.88. The molecule has 2 N–H and O–H groups in total. The lowest BCUT2D eigenvalue weighted by molar-refractivity contribution is -0.911. The molecule has 0 saturated carbocycles. The van der Waals surface area contributed by atoms with Gasteiger partial charge in [-0.25, -0.2) is 0 Å². The zero-order valence-corrected chi connectivity index (χ0v) is 12.0. The minimum absolute atomic E-state index is 0.0123. The van der Waals surface area contributed by atoms with Crippen LogP contribution in [0.25, 0.3) is 0 Å². The second-order valence-corrected chi connectivity index (χ2v) is 5.43. The van der Waals surface area contributed by atoms with Gasteiger partial charge in [-0.3, -0.25) is 4.79 Å². The molecule has 3 atom stereocenters. The molecule has 1 saturated heterocycles. The van der Waals surface area contributed by atoms with Gasteiger partial charge in [0.1, 0.15) is 18.6 Å². The minimum Gasteiger partial charge on any atom is -0.466 e. The van der Waals surface area contributed by atoms with Crippen LogP contribution in [-0.4, -0.2) is 37.3 Å². The van der Waals surface area contributed by atoms with Crippen molar-refractivity contribution in [3.8, 4) is 0 Å². The molecule has 2 rings (SSSR count). The van der Waals surface area contributed by atoms with Crippen LogP contribution < -0.4 is 4.90 Å². The Hall–Kier alpha value is -1.39. The molecule has 20 heavy (non-hydrogen) atoms. The summed E-state index contributed by atoms with van der Waals surface area (Å²) in [4.78, 5) is 13.1. The second kappa shape index (κ2) is 7.41. The van der Waals surface area contributed by atoms with Gasteiger partial charge in [0.05, 0.1) is 19.7 Å². The standard InChI is InChI=1S/C16H23NO3/c1-2-20-16(19)14-9-6-10-17(11-14)12-15(18)13-7-4-3-5-8-13/h3-5,7-8,14-15,18H,2,6,9-12H2,1H3/p+1/t14-,15+/m1/s1. The van der Waals surface area contributed by atoms with Crippen LogP contribution in [0, 0.1) is 5.92 Å². The summed E-state index contributed by atoms with van der Waals surface area (Å²) in [6.07, 6.45) is 1.46. The molecule has 4 heteroatoms. The second-order valence-electron chi connectivity index (χ2n) is 5.43. The number of hydrogen-bond donors (Lipinski definition) is 2. The maximum absolute atomic E-state index is 11.8. The number of hydrogen-bond acceptors (Lipinski definition) is 3. The van der Waals surface area contributed by atoms with Crippen molar-refractivity contribution in [2.45, 2.75) is 25.9 Å². The van der Waals surface area contributed by atoms with Crippen LogP contribution in [0.2, 0.25) is 0 Å². The first kappa shape index (κ1) is 15.0. The van der Waals surface area contributed by atoms with Gasteiger partial charge in [0.2, 0.25) is 0 Å². The number of benzene rings is 1. The first-order valence-electron chi connectivity index (χ1n) is 7.44. The lowest BCUT2D eigenvalue weighted by Gasteiger charge is -2.30. The van der Waals surface area contributed by atoms with Crippen molar-refractivity contribution in [3.05, 3.63) is 35.9 Å². The van der Waals surface area contributed by atoms with Crippen molar-refractivity contribution in [1.29, 1.82) is 0 Å². The highest BCUT2D eigenvalue weighted by Gasteiger charge is 2.30. The fourth-order valence-corrected chi connectivity index (χ4v) is 2.86. The van der Waals surface area contributed by atoms with Gasteiger partial charge in [-0.2, -0.15) is 0 Å². The molecule has 110 valence electrons. The number of carbonyl (C=O) groups excluding carboxylic acids is 1. The largest absolute Gasteiger partial charge is 0.466 e. The van der Waals surface area contributed by atoms with E-state index in [1.807, 2.05) is 37.3 Å². The molecule has 1 unspecified atom stereocenters. The SMILES string of the molecule is CCOC(=O)[C@@H]1CCC[NH+](C[C@H](O)c2ccccc2)C1. The van der Waals surface area contributed by atoms with Gasteiger partial charge in [0, 0.05) is 0 Å². The van der Waals surface area contributed by atoms with Crippen LogP contribution in [0.4, 0.5) is 0 Å². The Morgan fingerprint density at radius 3 is 2.90 bits per heavy atom. The van der Waals surface area contributed by atoms with Crippen LogP contribution in [0.5, 0.6) is 0 Å². The third-order valence-electron chi connectivity index (χ3n) is 3.90. The average molecular weight is 278 g/mol. The summed E-state index contributed by atoms with van der Waals surface area (Å²) in [6.45, 7) is 4.71. The summed E-state index contributed by atoms with van der Waals surface area (Å²) in [6, 6.07) is 9.70. The molecule has 0 amide bonds. The number of rotatable bonds is 5. The van der Waals surface area contributed by atoms with Crippen LogP contribution in [0.15, 0.2) is 30.3 Å². The summed E-state index contributed by atoms with van der Waals surface area (Å²) >= 11 is 0. The molecule has 0 spiro atoms. The monoisotopic (exact) mass is 278 g/mol. The van der Waals surface area contributed by atoms with Gasteiger partial charge < -0.3 is 14.7 Å². The van der Waals surface area contributed by atoms with E-state index in [2.05, 4.69) is 0 Å². The highest BCUT2D eigenvalue weighted by Crippen LogP contribution is 2.12. The van der Waals surface area contributed by atoms with E-state index >= 15 is 0 Å². The van der Waals surface area contributed by atoms with E-state index in [9.17, 15) is 9.90 Å². The summed E-state index contributed by atoms with van der Waals surface area (Å²) in [5.74, 6) is -0.0967. The Kier molecular flexibility index (Phi) is 5.56. The molecule has 0 aromatic heterocycles. The third-order valence-corrected chi connectivity index (χ3v) is 3.90. The molecule has 0 aliphatic carbocycles. The van der Waals surface area contributed by atoms with Crippen LogP contribution in [0.3, 0.4) is 0 Å². The zero-order chi connectivity index (χ0) is 14.4. The van der Waals surface area contributed by atoms with Crippen LogP contribution in [0.1, 0.15) is 31.4 Å². The van der Waals surface area contributed by atoms with Crippen LogP contribution in [-0.2, 0) is 9.53 Å². The highest BCUT2D eigenvalue weighted by molar-refractivity contribution is 5.72. The average Bonchev–Trinajstić information content (AvgIpc) is 2.48. The number of likely N-dealkylation sites (tertiary alicyclic amines) is 1. The number of piperidine rings is 1. The van der Waals surface area contributed by atoms with Crippen LogP contribution >= 0.6 is 0 Å². The van der Waals surface area contributed by atoms with Crippen molar-refractivity contribution in [2.75, 3.05) is 26.2 Å². The van der Waals surface area contributed by atoms with Crippen molar-refractivity contribution in [3.63, 3.8) is 0 Å². The Morgan fingerprint density at radius 1 is 1.45 bits per heavy atom. The molecule has 0 bridgehead atoms. The number of nitrogens with one attached hydrogen (secondary N) is 1. The summed E-state index contributed by atoms with van der Waals surface area (Å²) < 4.78 is 5.10.